The normalized spacial score (nSPS) is 11.9. The van der Waals surface area contributed by atoms with Gasteiger partial charge in [0.05, 0.1) is 4.92 Å². The highest BCUT2D eigenvalue weighted by molar-refractivity contribution is 5.91. The number of H-pyrrole nitrogens is 1. The average molecular weight is 218 g/mol. The van der Waals surface area contributed by atoms with Gasteiger partial charge in [-0.3, -0.25) is 10.1 Å². The van der Waals surface area contributed by atoms with E-state index in [1.807, 2.05) is 12.3 Å². The van der Waals surface area contributed by atoms with Crippen molar-refractivity contribution in [3.05, 3.63) is 40.1 Å². The highest BCUT2D eigenvalue weighted by Gasteiger charge is 2.21. The second-order valence-electron chi connectivity index (χ2n) is 4.91. The lowest BCUT2D eigenvalue weighted by Gasteiger charge is -2.17. The summed E-state index contributed by atoms with van der Waals surface area (Å²) >= 11 is 0. The first-order chi connectivity index (χ1) is 7.41. The zero-order chi connectivity index (χ0) is 11.9. The molecule has 0 fully saturated rings. The Kier molecular flexibility index (Phi) is 2.22. The first-order valence-electron chi connectivity index (χ1n) is 5.16. The summed E-state index contributed by atoms with van der Waals surface area (Å²) < 4.78 is 0. The van der Waals surface area contributed by atoms with Crippen molar-refractivity contribution >= 4 is 16.6 Å². The predicted molar refractivity (Wildman–Crippen MR) is 63.7 cm³/mol. The van der Waals surface area contributed by atoms with Crippen LogP contribution >= 0.6 is 0 Å². The van der Waals surface area contributed by atoms with E-state index in [0.29, 0.717) is 5.52 Å². The number of aromatic amines is 1. The van der Waals surface area contributed by atoms with Crippen LogP contribution in [0.3, 0.4) is 0 Å². The topological polar surface area (TPSA) is 58.9 Å². The Morgan fingerprint density at radius 2 is 2.00 bits per heavy atom. The predicted octanol–water partition coefficient (Wildman–Crippen LogP) is 3.37. The van der Waals surface area contributed by atoms with Gasteiger partial charge in [0, 0.05) is 17.6 Å². The fourth-order valence-corrected chi connectivity index (χ4v) is 1.91. The van der Waals surface area contributed by atoms with E-state index < -0.39 is 0 Å². The van der Waals surface area contributed by atoms with Crippen LogP contribution in [0.4, 0.5) is 5.69 Å². The number of rotatable bonds is 1. The number of nitro groups is 1. The van der Waals surface area contributed by atoms with Crippen molar-refractivity contribution in [1.82, 2.24) is 4.98 Å². The van der Waals surface area contributed by atoms with Crippen LogP contribution in [0.25, 0.3) is 10.9 Å². The van der Waals surface area contributed by atoms with Gasteiger partial charge < -0.3 is 4.98 Å². The van der Waals surface area contributed by atoms with Gasteiger partial charge in [-0.1, -0.05) is 32.9 Å². The molecule has 0 radical (unpaired) electrons. The highest BCUT2D eigenvalue weighted by atomic mass is 16.6. The molecule has 0 aliphatic rings. The standard InChI is InChI=1S/C12H14N2O2/c1-12(2,3)9-7-13-11-8(9)5-4-6-10(11)14(15)16/h4-7,13H,1-3H3. The summed E-state index contributed by atoms with van der Waals surface area (Å²) in [7, 11) is 0. The molecular formula is C12H14N2O2. The minimum Gasteiger partial charge on any atom is -0.355 e. The van der Waals surface area contributed by atoms with Crippen LogP contribution in [0.5, 0.6) is 0 Å². The molecule has 0 unspecified atom stereocenters. The summed E-state index contributed by atoms with van der Waals surface area (Å²) in [6.45, 7) is 6.28. The summed E-state index contributed by atoms with van der Waals surface area (Å²) in [4.78, 5) is 13.5. The number of hydrogen-bond acceptors (Lipinski definition) is 2. The largest absolute Gasteiger partial charge is 0.355 e. The molecule has 0 atom stereocenters. The van der Waals surface area contributed by atoms with E-state index in [2.05, 4.69) is 25.8 Å². The summed E-state index contributed by atoms with van der Waals surface area (Å²) in [5.74, 6) is 0. The van der Waals surface area contributed by atoms with Crippen molar-refractivity contribution < 1.29 is 4.92 Å². The van der Waals surface area contributed by atoms with Gasteiger partial charge in [0.1, 0.15) is 5.52 Å². The lowest BCUT2D eigenvalue weighted by Crippen LogP contribution is -2.09. The molecule has 1 aromatic heterocycles. The molecule has 0 aliphatic heterocycles. The number of nitrogens with one attached hydrogen (secondary N) is 1. The van der Waals surface area contributed by atoms with Gasteiger partial charge in [0.15, 0.2) is 0 Å². The van der Waals surface area contributed by atoms with Crippen LogP contribution in [0.1, 0.15) is 26.3 Å². The Morgan fingerprint density at radius 3 is 2.56 bits per heavy atom. The smallest absolute Gasteiger partial charge is 0.293 e. The van der Waals surface area contributed by atoms with Crippen molar-refractivity contribution in [1.29, 1.82) is 0 Å². The van der Waals surface area contributed by atoms with E-state index in [1.54, 1.807) is 6.07 Å². The first kappa shape index (κ1) is 10.7. The second-order valence-corrected chi connectivity index (χ2v) is 4.91. The molecule has 16 heavy (non-hydrogen) atoms. The minimum atomic E-state index is -0.356. The van der Waals surface area contributed by atoms with Gasteiger partial charge in [-0.2, -0.15) is 0 Å². The summed E-state index contributed by atoms with van der Waals surface area (Å²) in [6, 6.07) is 5.16. The van der Waals surface area contributed by atoms with E-state index in [1.165, 1.54) is 6.07 Å². The number of nitro benzene ring substituents is 1. The van der Waals surface area contributed by atoms with E-state index in [0.717, 1.165) is 10.9 Å². The first-order valence-corrected chi connectivity index (χ1v) is 5.16. The van der Waals surface area contributed by atoms with Gasteiger partial charge in [-0.05, 0) is 11.0 Å². The monoisotopic (exact) mass is 218 g/mol. The van der Waals surface area contributed by atoms with E-state index in [-0.39, 0.29) is 16.0 Å². The Balaban J connectivity index is 2.76. The van der Waals surface area contributed by atoms with Gasteiger partial charge in [-0.15, -0.1) is 0 Å². The van der Waals surface area contributed by atoms with E-state index in [4.69, 9.17) is 0 Å². The number of nitrogens with zero attached hydrogens (tertiary/aromatic N) is 1. The molecule has 0 spiro atoms. The van der Waals surface area contributed by atoms with Crippen LogP contribution in [-0.4, -0.2) is 9.91 Å². The Hall–Kier alpha value is -1.84. The third-order valence-corrected chi connectivity index (χ3v) is 2.70. The van der Waals surface area contributed by atoms with Gasteiger partial charge in [0.25, 0.3) is 5.69 Å². The zero-order valence-corrected chi connectivity index (χ0v) is 9.57. The fourth-order valence-electron chi connectivity index (χ4n) is 1.91. The Morgan fingerprint density at radius 1 is 1.31 bits per heavy atom. The van der Waals surface area contributed by atoms with Crippen molar-refractivity contribution in [3.8, 4) is 0 Å². The number of aromatic nitrogens is 1. The van der Waals surface area contributed by atoms with Crippen LogP contribution in [-0.2, 0) is 5.41 Å². The third-order valence-electron chi connectivity index (χ3n) is 2.70. The van der Waals surface area contributed by atoms with Crippen molar-refractivity contribution in [2.45, 2.75) is 26.2 Å². The molecule has 2 rings (SSSR count). The molecule has 4 nitrogen and oxygen atoms in total. The average Bonchev–Trinajstić information content (AvgIpc) is 2.59. The molecular weight excluding hydrogens is 204 g/mol. The second kappa shape index (κ2) is 3.33. The van der Waals surface area contributed by atoms with Crippen LogP contribution < -0.4 is 0 Å². The quantitative estimate of drug-likeness (QED) is 0.589. The van der Waals surface area contributed by atoms with Gasteiger partial charge >= 0.3 is 0 Å². The number of non-ortho nitro benzene ring substituents is 1. The SMILES string of the molecule is CC(C)(C)c1c[nH]c2c([N+](=O)[O-])cccc12. The molecule has 1 heterocycles. The number of fused-ring (bicyclic) bond motifs is 1. The van der Waals surface area contributed by atoms with Crippen molar-refractivity contribution in [2.75, 3.05) is 0 Å². The molecule has 0 saturated carbocycles. The van der Waals surface area contributed by atoms with Crippen molar-refractivity contribution in [2.24, 2.45) is 0 Å². The maximum Gasteiger partial charge on any atom is 0.293 e. The maximum absolute atomic E-state index is 10.9. The number of hydrogen-bond donors (Lipinski definition) is 1. The molecule has 0 bridgehead atoms. The lowest BCUT2D eigenvalue weighted by atomic mass is 9.87. The fraction of sp³-hybridized carbons (Fsp3) is 0.333. The van der Waals surface area contributed by atoms with Crippen LogP contribution in [0.15, 0.2) is 24.4 Å². The third kappa shape index (κ3) is 1.56. The van der Waals surface area contributed by atoms with Gasteiger partial charge in [-0.25, -0.2) is 0 Å². The Labute approximate surface area is 93.4 Å². The molecule has 0 amide bonds. The molecule has 0 aliphatic carbocycles. The maximum atomic E-state index is 10.9. The van der Waals surface area contributed by atoms with Crippen LogP contribution in [0.2, 0.25) is 0 Å². The van der Waals surface area contributed by atoms with E-state index in [9.17, 15) is 10.1 Å². The molecule has 84 valence electrons. The van der Waals surface area contributed by atoms with Crippen molar-refractivity contribution in [3.63, 3.8) is 0 Å². The highest BCUT2D eigenvalue weighted by Crippen LogP contribution is 2.33. The number of benzene rings is 1. The molecule has 0 saturated heterocycles. The summed E-state index contributed by atoms with van der Waals surface area (Å²) in [6.07, 6.45) is 1.86. The van der Waals surface area contributed by atoms with Crippen LogP contribution in [0, 0.1) is 10.1 Å². The molecule has 1 N–H and O–H groups in total. The molecule has 1 aromatic carbocycles. The lowest BCUT2D eigenvalue weighted by molar-refractivity contribution is -0.383. The van der Waals surface area contributed by atoms with Gasteiger partial charge in [0.2, 0.25) is 0 Å². The van der Waals surface area contributed by atoms with E-state index >= 15 is 0 Å². The zero-order valence-electron chi connectivity index (χ0n) is 9.57. The number of para-hydroxylation sites is 1. The Bertz CT molecular complexity index is 550. The molecule has 2 aromatic rings. The summed E-state index contributed by atoms with van der Waals surface area (Å²) in [5.41, 5.74) is 1.82. The minimum absolute atomic E-state index is 0.0204. The summed E-state index contributed by atoms with van der Waals surface area (Å²) in [5, 5.41) is 11.8. The molecule has 4 heteroatoms.